The van der Waals surface area contributed by atoms with Crippen LogP contribution in [0, 0.1) is 0 Å². The van der Waals surface area contributed by atoms with Crippen molar-refractivity contribution in [2.45, 2.75) is 18.5 Å². The smallest absolute Gasteiger partial charge is 0.322 e. The molecule has 4 rings (SSSR count). The van der Waals surface area contributed by atoms with Gasteiger partial charge in [-0.2, -0.15) is 0 Å². The Bertz CT molecular complexity index is 1050. The summed E-state index contributed by atoms with van der Waals surface area (Å²) in [6.07, 6.45) is 1.56. The first kappa shape index (κ1) is 18.5. The van der Waals surface area contributed by atoms with Crippen LogP contribution >= 0.6 is 0 Å². The van der Waals surface area contributed by atoms with E-state index in [4.69, 9.17) is 4.42 Å². The predicted molar refractivity (Wildman–Crippen MR) is 105 cm³/mol. The monoisotopic (exact) mass is 389 g/mol. The third-order valence-electron chi connectivity index (χ3n) is 5.01. The van der Waals surface area contributed by atoms with E-state index >= 15 is 0 Å². The fraction of sp³-hybridized carbons (Fsp3) is 0.136. The summed E-state index contributed by atoms with van der Waals surface area (Å²) in [5, 5.41) is 7.81. The van der Waals surface area contributed by atoms with Gasteiger partial charge >= 0.3 is 6.03 Å². The van der Waals surface area contributed by atoms with Crippen LogP contribution in [0.15, 0.2) is 77.4 Å². The molecule has 0 bridgehead atoms. The first-order valence-electron chi connectivity index (χ1n) is 9.11. The summed E-state index contributed by atoms with van der Waals surface area (Å²) < 4.78 is 5.51. The second kappa shape index (κ2) is 7.27. The van der Waals surface area contributed by atoms with Gasteiger partial charge in [-0.3, -0.25) is 14.9 Å². The lowest BCUT2D eigenvalue weighted by molar-refractivity contribution is -0.123. The Kier molecular flexibility index (Phi) is 4.64. The lowest BCUT2D eigenvalue weighted by Gasteiger charge is -2.21. The molecule has 146 valence electrons. The predicted octanol–water partition coefficient (Wildman–Crippen LogP) is 2.85. The Balaban J connectivity index is 1.56. The van der Waals surface area contributed by atoms with Crippen LogP contribution in [-0.2, 0) is 10.3 Å². The fourth-order valence-electron chi connectivity index (χ4n) is 3.34. The number of furan rings is 1. The van der Waals surface area contributed by atoms with E-state index in [2.05, 4.69) is 16.0 Å². The Hall–Kier alpha value is -3.87. The molecule has 1 saturated heterocycles. The standard InChI is InChI=1S/C22H19N3O4/c1-22(20(27)24-21(28)25-22)16-11-9-15(10-12-16)19(26)23-18(17-8-5-13-29-17)14-6-3-2-4-7-14/h2-13,18H,1H3,(H,23,26)(H2,24,25,27,28)/t18-,22-/m1/s1. The molecule has 7 heteroatoms. The van der Waals surface area contributed by atoms with Gasteiger partial charge in [0.05, 0.1) is 6.26 Å². The van der Waals surface area contributed by atoms with Crippen molar-refractivity contribution < 1.29 is 18.8 Å². The number of urea groups is 1. The van der Waals surface area contributed by atoms with Crippen molar-refractivity contribution in [2.75, 3.05) is 0 Å². The number of benzene rings is 2. The fourth-order valence-corrected chi connectivity index (χ4v) is 3.34. The van der Waals surface area contributed by atoms with Crippen molar-refractivity contribution in [3.05, 3.63) is 95.4 Å². The molecule has 1 aliphatic rings. The highest BCUT2D eigenvalue weighted by Gasteiger charge is 2.43. The zero-order valence-corrected chi connectivity index (χ0v) is 15.6. The summed E-state index contributed by atoms with van der Waals surface area (Å²) in [5.74, 6) is -0.0902. The van der Waals surface area contributed by atoms with Gasteiger partial charge in [0.15, 0.2) is 0 Å². The second-order valence-electron chi connectivity index (χ2n) is 6.94. The highest BCUT2D eigenvalue weighted by atomic mass is 16.3. The lowest BCUT2D eigenvalue weighted by Crippen LogP contribution is -2.40. The van der Waals surface area contributed by atoms with E-state index in [9.17, 15) is 14.4 Å². The number of imide groups is 1. The molecule has 3 aromatic rings. The van der Waals surface area contributed by atoms with Crippen LogP contribution in [0.4, 0.5) is 4.79 Å². The molecule has 4 amide bonds. The van der Waals surface area contributed by atoms with E-state index in [1.807, 2.05) is 36.4 Å². The molecule has 1 aromatic heterocycles. The summed E-state index contributed by atoms with van der Waals surface area (Å²) >= 11 is 0. The van der Waals surface area contributed by atoms with Crippen LogP contribution in [0.25, 0.3) is 0 Å². The molecule has 1 fully saturated rings. The Morgan fingerprint density at radius 1 is 1.00 bits per heavy atom. The highest BCUT2D eigenvalue weighted by molar-refractivity contribution is 6.07. The summed E-state index contributed by atoms with van der Waals surface area (Å²) in [7, 11) is 0. The molecule has 7 nitrogen and oxygen atoms in total. The first-order chi connectivity index (χ1) is 14.0. The quantitative estimate of drug-likeness (QED) is 0.584. The molecule has 0 unspecified atom stereocenters. The van der Waals surface area contributed by atoms with E-state index < -0.39 is 23.5 Å². The zero-order chi connectivity index (χ0) is 20.4. The van der Waals surface area contributed by atoms with Crippen molar-refractivity contribution in [3.63, 3.8) is 0 Å². The number of carbonyl (C=O) groups is 3. The molecule has 3 N–H and O–H groups in total. The average molecular weight is 389 g/mol. The first-order valence-corrected chi connectivity index (χ1v) is 9.11. The SMILES string of the molecule is C[C@]1(c2ccc(C(=O)N[C@H](c3ccccc3)c3ccco3)cc2)NC(=O)NC1=O. The maximum Gasteiger partial charge on any atom is 0.322 e. The van der Waals surface area contributed by atoms with Crippen molar-refractivity contribution in [2.24, 2.45) is 0 Å². The van der Waals surface area contributed by atoms with E-state index in [0.717, 1.165) is 5.56 Å². The molecule has 0 saturated carbocycles. The van der Waals surface area contributed by atoms with Crippen LogP contribution in [0.2, 0.25) is 0 Å². The van der Waals surface area contributed by atoms with Crippen LogP contribution in [0.5, 0.6) is 0 Å². The molecular formula is C22H19N3O4. The Labute approximate surface area is 167 Å². The zero-order valence-electron chi connectivity index (χ0n) is 15.6. The summed E-state index contributed by atoms with van der Waals surface area (Å²) in [6.45, 7) is 1.62. The molecule has 0 spiro atoms. The topological polar surface area (TPSA) is 100 Å². The van der Waals surface area contributed by atoms with E-state index in [0.29, 0.717) is 16.9 Å². The Morgan fingerprint density at radius 2 is 1.72 bits per heavy atom. The van der Waals surface area contributed by atoms with Crippen LogP contribution < -0.4 is 16.0 Å². The second-order valence-corrected chi connectivity index (χ2v) is 6.94. The van der Waals surface area contributed by atoms with E-state index in [1.54, 1.807) is 43.5 Å². The van der Waals surface area contributed by atoms with E-state index in [-0.39, 0.29) is 5.91 Å². The maximum absolute atomic E-state index is 12.9. The molecule has 2 atom stereocenters. The van der Waals surface area contributed by atoms with Gasteiger partial charge in [0.25, 0.3) is 11.8 Å². The van der Waals surface area contributed by atoms with Crippen molar-refractivity contribution in [1.29, 1.82) is 0 Å². The van der Waals surface area contributed by atoms with Gasteiger partial charge in [0, 0.05) is 5.56 Å². The summed E-state index contributed by atoms with van der Waals surface area (Å²) in [6, 6.07) is 18.7. The van der Waals surface area contributed by atoms with Crippen LogP contribution in [-0.4, -0.2) is 17.8 Å². The van der Waals surface area contributed by atoms with Gasteiger partial charge in [0.2, 0.25) is 0 Å². The molecule has 0 radical (unpaired) electrons. The molecule has 29 heavy (non-hydrogen) atoms. The molecular weight excluding hydrogens is 370 g/mol. The number of carbonyl (C=O) groups excluding carboxylic acids is 3. The minimum Gasteiger partial charge on any atom is -0.467 e. The largest absolute Gasteiger partial charge is 0.467 e. The van der Waals surface area contributed by atoms with E-state index in [1.165, 1.54) is 0 Å². The van der Waals surface area contributed by atoms with Crippen molar-refractivity contribution >= 4 is 17.8 Å². The summed E-state index contributed by atoms with van der Waals surface area (Å²) in [4.78, 5) is 36.4. The number of rotatable bonds is 5. The van der Waals surface area contributed by atoms with Crippen molar-refractivity contribution in [1.82, 2.24) is 16.0 Å². The van der Waals surface area contributed by atoms with Gasteiger partial charge in [-0.15, -0.1) is 0 Å². The van der Waals surface area contributed by atoms with Crippen LogP contribution in [0.1, 0.15) is 40.2 Å². The third kappa shape index (κ3) is 3.50. The van der Waals surface area contributed by atoms with Gasteiger partial charge in [0.1, 0.15) is 17.3 Å². The Morgan fingerprint density at radius 3 is 2.31 bits per heavy atom. The van der Waals surface area contributed by atoms with Gasteiger partial charge in [-0.05, 0) is 42.3 Å². The third-order valence-corrected chi connectivity index (χ3v) is 5.01. The number of hydrogen-bond acceptors (Lipinski definition) is 4. The number of nitrogens with one attached hydrogen (secondary N) is 3. The number of amides is 4. The molecule has 0 aliphatic carbocycles. The minimum atomic E-state index is -1.16. The number of hydrogen-bond donors (Lipinski definition) is 3. The van der Waals surface area contributed by atoms with Gasteiger partial charge in [-0.1, -0.05) is 42.5 Å². The molecule has 2 aromatic carbocycles. The maximum atomic E-state index is 12.9. The highest BCUT2D eigenvalue weighted by Crippen LogP contribution is 2.26. The molecule has 1 aliphatic heterocycles. The van der Waals surface area contributed by atoms with Gasteiger partial charge in [-0.25, -0.2) is 4.79 Å². The normalized spacial score (nSPS) is 19.3. The minimum absolute atomic E-state index is 0.285. The summed E-state index contributed by atoms with van der Waals surface area (Å²) in [5.41, 5.74) is 0.746. The van der Waals surface area contributed by atoms with Gasteiger partial charge < -0.3 is 15.1 Å². The average Bonchev–Trinajstić information content (AvgIpc) is 3.35. The molecule has 2 heterocycles. The lowest BCUT2D eigenvalue weighted by atomic mass is 9.91. The van der Waals surface area contributed by atoms with Crippen LogP contribution in [0.3, 0.4) is 0 Å². The van der Waals surface area contributed by atoms with Crippen molar-refractivity contribution in [3.8, 4) is 0 Å².